The molecule has 9 heteroatoms. The molecule has 1 fully saturated rings. The molecule has 132 valence electrons. The number of thiophene rings is 2. The molecular weight excluding hydrogens is 394 g/mol. The summed E-state index contributed by atoms with van der Waals surface area (Å²) in [5, 5.41) is 9.17. The highest BCUT2D eigenvalue weighted by Gasteiger charge is 2.31. The Labute approximate surface area is 159 Å². The number of hydrogen-bond donors (Lipinski definition) is 1. The van der Waals surface area contributed by atoms with Crippen LogP contribution in [-0.4, -0.2) is 43.9 Å². The van der Waals surface area contributed by atoms with Crippen molar-refractivity contribution in [3.05, 3.63) is 45.4 Å². The Morgan fingerprint density at radius 2 is 1.96 bits per heavy atom. The minimum atomic E-state index is -3.31. The minimum absolute atomic E-state index is 0.441. The van der Waals surface area contributed by atoms with Crippen molar-refractivity contribution in [3.63, 3.8) is 0 Å². The summed E-state index contributed by atoms with van der Waals surface area (Å²) in [4.78, 5) is 6.12. The van der Waals surface area contributed by atoms with Crippen LogP contribution in [0.1, 0.15) is 5.69 Å². The first kappa shape index (κ1) is 17.3. The zero-order valence-electron chi connectivity index (χ0n) is 13.4. The second-order valence-electron chi connectivity index (χ2n) is 5.92. The molecule has 3 aromatic heterocycles. The van der Waals surface area contributed by atoms with E-state index in [2.05, 4.69) is 22.2 Å². The maximum atomic E-state index is 12.6. The van der Waals surface area contributed by atoms with Crippen LogP contribution in [0.3, 0.4) is 0 Å². The Morgan fingerprint density at radius 1 is 1.12 bits per heavy atom. The van der Waals surface area contributed by atoms with Gasteiger partial charge in [-0.05, 0) is 22.9 Å². The molecular formula is C16H18N3O2S4+. The summed E-state index contributed by atoms with van der Waals surface area (Å²) in [5.74, 6) is 0. The van der Waals surface area contributed by atoms with Gasteiger partial charge in [-0.25, -0.2) is 13.4 Å². The number of hydrogen-bond acceptors (Lipinski definition) is 6. The van der Waals surface area contributed by atoms with Crippen molar-refractivity contribution < 1.29 is 13.3 Å². The molecule has 0 spiro atoms. The van der Waals surface area contributed by atoms with Gasteiger partial charge in [0.25, 0.3) is 10.0 Å². The van der Waals surface area contributed by atoms with E-state index in [4.69, 9.17) is 4.98 Å². The van der Waals surface area contributed by atoms with Gasteiger partial charge in [0.1, 0.15) is 21.5 Å². The molecule has 4 heterocycles. The van der Waals surface area contributed by atoms with Crippen LogP contribution in [0, 0.1) is 0 Å². The number of rotatable bonds is 5. The lowest BCUT2D eigenvalue weighted by Crippen LogP contribution is -3.13. The quantitative estimate of drug-likeness (QED) is 0.698. The fourth-order valence-electron chi connectivity index (χ4n) is 2.92. The van der Waals surface area contributed by atoms with Gasteiger partial charge in [-0.2, -0.15) is 15.6 Å². The zero-order valence-corrected chi connectivity index (χ0v) is 16.7. The van der Waals surface area contributed by atoms with Gasteiger partial charge >= 0.3 is 0 Å². The van der Waals surface area contributed by atoms with E-state index < -0.39 is 10.0 Å². The predicted molar refractivity (Wildman–Crippen MR) is 103 cm³/mol. The van der Waals surface area contributed by atoms with Crippen molar-refractivity contribution in [3.8, 4) is 10.6 Å². The van der Waals surface area contributed by atoms with Crippen molar-refractivity contribution in [1.82, 2.24) is 9.29 Å². The molecule has 0 bridgehead atoms. The first-order chi connectivity index (χ1) is 12.1. The van der Waals surface area contributed by atoms with E-state index in [1.165, 1.54) is 21.8 Å². The number of quaternary nitrogens is 1. The molecule has 1 N–H and O–H groups in total. The summed E-state index contributed by atoms with van der Waals surface area (Å²) in [6, 6.07) is 5.56. The molecule has 3 aromatic rings. The van der Waals surface area contributed by atoms with Crippen LogP contribution in [0.5, 0.6) is 0 Å². The van der Waals surface area contributed by atoms with E-state index in [0.717, 1.165) is 30.3 Å². The summed E-state index contributed by atoms with van der Waals surface area (Å²) < 4.78 is 27.2. The summed E-state index contributed by atoms with van der Waals surface area (Å²) in [6.45, 7) is 3.62. The molecule has 1 saturated heterocycles. The molecule has 5 nitrogen and oxygen atoms in total. The smallest absolute Gasteiger partial charge is 0.252 e. The van der Waals surface area contributed by atoms with E-state index in [-0.39, 0.29) is 0 Å². The molecule has 0 atom stereocenters. The van der Waals surface area contributed by atoms with E-state index in [0.29, 0.717) is 17.3 Å². The van der Waals surface area contributed by atoms with Gasteiger partial charge in [0.2, 0.25) is 0 Å². The van der Waals surface area contributed by atoms with Crippen LogP contribution in [0.15, 0.2) is 43.9 Å². The van der Waals surface area contributed by atoms with Crippen LogP contribution < -0.4 is 4.90 Å². The molecule has 0 unspecified atom stereocenters. The minimum Gasteiger partial charge on any atom is -0.328 e. The monoisotopic (exact) mass is 412 g/mol. The molecule has 1 aliphatic rings. The highest BCUT2D eigenvalue weighted by atomic mass is 32.2. The number of nitrogens with one attached hydrogen (secondary N) is 1. The largest absolute Gasteiger partial charge is 0.328 e. The van der Waals surface area contributed by atoms with Crippen LogP contribution >= 0.6 is 34.0 Å². The number of thiazole rings is 1. The van der Waals surface area contributed by atoms with Gasteiger partial charge < -0.3 is 4.90 Å². The lowest BCUT2D eigenvalue weighted by Gasteiger charge is -2.30. The lowest BCUT2D eigenvalue weighted by atomic mass is 10.3. The Bertz CT molecular complexity index is 909. The van der Waals surface area contributed by atoms with Gasteiger partial charge in [-0.15, -0.1) is 22.7 Å². The maximum absolute atomic E-state index is 12.6. The van der Waals surface area contributed by atoms with Crippen LogP contribution in [-0.2, 0) is 16.6 Å². The van der Waals surface area contributed by atoms with Crippen LogP contribution in [0.2, 0.25) is 0 Å². The third kappa shape index (κ3) is 3.71. The molecule has 0 amide bonds. The Kier molecular flexibility index (Phi) is 5.03. The molecule has 0 aliphatic carbocycles. The summed E-state index contributed by atoms with van der Waals surface area (Å²) >= 11 is 4.64. The molecule has 0 saturated carbocycles. The van der Waals surface area contributed by atoms with Gasteiger partial charge in [-0.1, -0.05) is 6.07 Å². The van der Waals surface area contributed by atoms with Gasteiger partial charge in [0.05, 0.1) is 26.2 Å². The second-order valence-corrected chi connectivity index (χ2v) is 10.7. The fraction of sp³-hybridized carbons (Fsp3) is 0.312. The molecule has 0 radical (unpaired) electrons. The number of piperazine rings is 1. The predicted octanol–water partition coefficient (Wildman–Crippen LogP) is 2.02. The lowest BCUT2D eigenvalue weighted by molar-refractivity contribution is -0.917. The Balaban J connectivity index is 1.36. The normalized spacial score (nSPS) is 17.1. The molecule has 25 heavy (non-hydrogen) atoms. The van der Waals surface area contributed by atoms with Gasteiger partial charge in [-0.3, -0.25) is 0 Å². The maximum Gasteiger partial charge on any atom is 0.252 e. The third-order valence-corrected chi connectivity index (χ3v) is 9.16. The first-order valence-electron chi connectivity index (χ1n) is 7.97. The second kappa shape index (κ2) is 7.26. The van der Waals surface area contributed by atoms with E-state index >= 15 is 0 Å². The number of nitrogens with zero attached hydrogens (tertiary/aromatic N) is 2. The van der Waals surface area contributed by atoms with Gasteiger partial charge in [0.15, 0.2) is 0 Å². The topological polar surface area (TPSA) is 54.7 Å². The van der Waals surface area contributed by atoms with Crippen LogP contribution in [0.4, 0.5) is 0 Å². The van der Waals surface area contributed by atoms with Gasteiger partial charge in [0, 0.05) is 16.3 Å². The highest BCUT2D eigenvalue weighted by molar-refractivity contribution is 7.91. The van der Waals surface area contributed by atoms with Crippen molar-refractivity contribution >= 4 is 44.0 Å². The van der Waals surface area contributed by atoms with Crippen molar-refractivity contribution in [2.24, 2.45) is 0 Å². The summed E-state index contributed by atoms with van der Waals surface area (Å²) in [7, 11) is -3.31. The summed E-state index contributed by atoms with van der Waals surface area (Å²) in [5.41, 5.74) is 2.28. The number of aromatic nitrogens is 1. The molecule has 0 aromatic carbocycles. The molecule has 1 aliphatic heterocycles. The standard InChI is InChI=1S/C16H17N3O2S4/c20-25(21,15-2-1-8-23-15)19-6-4-18(5-7-19)10-14-12-24-16(17-14)13-3-9-22-11-13/h1-3,8-9,11-12H,4-7,10H2/p+1. The van der Waals surface area contributed by atoms with Crippen molar-refractivity contribution in [1.29, 1.82) is 0 Å². The van der Waals surface area contributed by atoms with E-state index in [9.17, 15) is 8.42 Å². The zero-order chi connectivity index (χ0) is 17.3. The molecule has 4 rings (SSSR count). The average Bonchev–Trinajstić information content (AvgIpc) is 3.37. The highest BCUT2D eigenvalue weighted by Crippen LogP contribution is 2.25. The van der Waals surface area contributed by atoms with E-state index in [1.807, 2.05) is 5.38 Å². The van der Waals surface area contributed by atoms with E-state index in [1.54, 1.807) is 39.1 Å². The van der Waals surface area contributed by atoms with Crippen molar-refractivity contribution in [2.45, 2.75) is 10.8 Å². The Hall–Kier alpha value is -1.10. The number of sulfonamides is 1. The SMILES string of the molecule is O=S(=O)(c1cccs1)N1CC[NH+](Cc2csc(-c3ccsc3)n2)CC1. The van der Waals surface area contributed by atoms with Crippen molar-refractivity contribution in [2.75, 3.05) is 26.2 Å². The summed E-state index contributed by atoms with van der Waals surface area (Å²) in [6.07, 6.45) is 0. The third-order valence-electron chi connectivity index (χ3n) is 4.27. The fourth-order valence-corrected chi connectivity index (χ4v) is 7.04. The first-order valence-corrected chi connectivity index (χ1v) is 12.1. The van der Waals surface area contributed by atoms with Crippen LogP contribution in [0.25, 0.3) is 10.6 Å². The average molecular weight is 413 g/mol. The Morgan fingerprint density at radius 3 is 2.64 bits per heavy atom.